The molecule has 0 aliphatic carbocycles. The predicted octanol–water partition coefficient (Wildman–Crippen LogP) is 3.53. The van der Waals surface area contributed by atoms with Crippen molar-refractivity contribution in [2.24, 2.45) is 0 Å². The lowest BCUT2D eigenvalue weighted by molar-refractivity contribution is 0.210. The Morgan fingerprint density at radius 3 is 2.80 bits per heavy atom. The summed E-state index contributed by atoms with van der Waals surface area (Å²) in [6, 6.07) is 15.6. The van der Waals surface area contributed by atoms with E-state index in [4.69, 9.17) is 13.9 Å². The molecule has 0 radical (unpaired) electrons. The normalized spacial score (nSPS) is 16.2. The maximum atomic E-state index is 5.91. The number of fused-ring (bicyclic) bond motifs is 1. The molecule has 2 aromatic carbocycles. The van der Waals surface area contributed by atoms with Gasteiger partial charge in [-0.1, -0.05) is 18.2 Å². The summed E-state index contributed by atoms with van der Waals surface area (Å²) in [5.74, 6) is 2.73. The van der Waals surface area contributed by atoms with E-state index in [0.29, 0.717) is 18.3 Å². The van der Waals surface area contributed by atoms with Crippen LogP contribution in [0.4, 0.5) is 5.69 Å². The molecule has 25 heavy (non-hydrogen) atoms. The molecule has 128 valence electrons. The van der Waals surface area contributed by atoms with E-state index in [2.05, 4.69) is 15.1 Å². The second-order valence-electron chi connectivity index (χ2n) is 6.01. The molecule has 0 fully saturated rings. The van der Waals surface area contributed by atoms with E-state index in [0.717, 1.165) is 29.3 Å². The van der Waals surface area contributed by atoms with Crippen molar-refractivity contribution in [3.63, 3.8) is 0 Å². The molecule has 0 saturated heterocycles. The molecule has 0 spiro atoms. The summed E-state index contributed by atoms with van der Waals surface area (Å²) in [5.41, 5.74) is 1.88. The highest BCUT2D eigenvalue weighted by atomic mass is 16.5. The summed E-state index contributed by atoms with van der Waals surface area (Å²) in [7, 11) is 1.66. The number of methoxy groups -OCH3 is 1. The van der Waals surface area contributed by atoms with Crippen molar-refractivity contribution in [1.29, 1.82) is 0 Å². The van der Waals surface area contributed by atoms with E-state index in [9.17, 15) is 0 Å². The monoisotopic (exact) mass is 337 g/mol. The first-order valence-corrected chi connectivity index (χ1v) is 8.20. The van der Waals surface area contributed by atoms with Crippen LogP contribution in [0.2, 0.25) is 0 Å². The molecule has 0 N–H and O–H groups in total. The van der Waals surface area contributed by atoms with Gasteiger partial charge < -0.3 is 18.8 Å². The van der Waals surface area contributed by atoms with Crippen molar-refractivity contribution in [2.45, 2.75) is 19.6 Å². The lowest BCUT2D eigenvalue weighted by Crippen LogP contribution is -2.38. The van der Waals surface area contributed by atoms with Crippen LogP contribution < -0.4 is 14.4 Å². The van der Waals surface area contributed by atoms with Gasteiger partial charge in [-0.05, 0) is 31.2 Å². The summed E-state index contributed by atoms with van der Waals surface area (Å²) in [6.07, 6.45) is 0.0809. The minimum atomic E-state index is 0.0809. The molecule has 6 heteroatoms. The van der Waals surface area contributed by atoms with Crippen molar-refractivity contribution in [3.05, 3.63) is 54.4 Å². The predicted molar refractivity (Wildman–Crippen MR) is 93.9 cm³/mol. The van der Waals surface area contributed by atoms with Gasteiger partial charge in [0.05, 0.1) is 25.9 Å². The van der Waals surface area contributed by atoms with Gasteiger partial charge in [0.2, 0.25) is 11.8 Å². The Balaban J connectivity index is 1.60. The third-order valence-electron chi connectivity index (χ3n) is 4.13. The van der Waals surface area contributed by atoms with Gasteiger partial charge in [-0.15, -0.1) is 10.2 Å². The van der Waals surface area contributed by atoms with Crippen molar-refractivity contribution in [2.75, 3.05) is 18.6 Å². The lowest BCUT2D eigenvalue weighted by Gasteiger charge is -2.34. The molecular weight excluding hydrogens is 318 g/mol. The summed E-state index contributed by atoms with van der Waals surface area (Å²) in [5, 5.41) is 8.36. The molecule has 0 bridgehead atoms. The number of nitrogens with zero attached hydrogens (tertiary/aromatic N) is 3. The Hall–Kier alpha value is -3.02. The minimum Gasteiger partial charge on any atom is -0.497 e. The topological polar surface area (TPSA) is 60.6 Å². The van der Waals surface area contributed by atoms with Crippen molar-refractivity contribution >= 4 is 5.69 Å². The second-order valence-corrected chi connectivity index (χ2v) is 6.01. The van der Waals surface area contributed by atoms with E-state index < -0.39 is 0 Å². The SMILES string of the molecule is COc1ccc2c(c1)N(Cc1nnc(-c3ccccc3)o1)CC(C)O2. The second kappa shape index (κ2) is 6.47. The fraction of sp³-hybridized carbons (Fsp3) is 0.263. The Bertz CT molecular complexity index is 863. The fourth-order valence-corrected chi connectivity index (χ4v) is 2.96. The lowest BCUT2D eigenvalue weighted by atomic mass is 10.2. The van der Waals surface area contributed by atoms with E-state index in [1.807, 2.05) is 55.5 Å². The summed E-state index contributed by atoms with van der Waals surface area (Å²) in [4.78, 5) is 2.17. The maximum Gasteiger partial charge on any atom is 0.247 e. The van der Waals surface area contributed by atoms with Gasteiger partial charge in [-0.25, -0.2) is 0 Å². The molecule has 6 nitrogen and oxygen atoms in total. The van der Waals surface area contributed by atoms with Gasteiger partial charge in [0.15, 0.2) is 0 Å². The zero-order valence-corrected chi connectivity index (χ0v) is 14.2. The molecule has 1 atom stereocenters. The van der Waals surface area contributed by atoms with Crippen LogP contribution >= 0.6 is 0 Å². The Kier molecular flexibility index (Phi) is 4.01. The maximum absolute atomic E-state index is 5.91. The molecule has 1 aliphatic rings. The number of anilines is 1. The number of rotatable bonds is 4. The Morgan fingerprint density at radius 2 is 2.00 bits per heavy atom. The van der Waals surface area contributed by atoms with Crippen molar-refractivity contribution in [3.8, 4) is 23.0 Å². The van der Waals surface area contributed by atoms with Gasteiger partial charge in [0.25, 0.3) is 0 Å². The first-order valence-electron chi connectivity index (χ1n) is 8.20. The Labute approximate surface area is 146 Å². The van der Waals surface area contributed by atoms with Crippen molar-refractivity contribution in [1.82, 2.24) is 10.2 Å². The molecule has 1 aromatic heterocycles. The van der Waals surface area contributed by atoms with Gasteiger partial charge >= 0.3 is 0 Å². The molecule has 2 heterocycles. The quantitative estimate of drug-likeness (QED) is 0.726. The van der Waals surface area contributed by atoms with Crippen LogP contribution in [-0.4, -0.2) is 30.0 Å². The van der Waals surface area contributed by atoms with Crippen molar-refractivity contribution < 1.29 is 13.9 Å². The highest BCUT2D eigenvalue weighted by Gasteiger charge is 2.25. The molecule has 1 unspecified atom stereocenters. The highest BCUT2D eigenvalue weighted by Crippen LogP contribution is 2.37. The number of hydrogen-bond acceptors (Lipinski definition) is 6. The molecule has 0 saturated carbocycles. The molecule has 1 aliphatic heterocycles. The van der Waals surface area contributed by atoms with E-state index in [1.165, 1.54) is 0 Å². The minimum absolute atomic E-state index is 0.0809. The Morgan fingerprint density at radius 1 is 1.16 bits per heavy atom. The third kappa shape index (κ3) is 3.15. The molecule has 4 rings (SSSR count). The standard InChI is InChI=1S/C19H19N3O3/c1-13-11-22(16-10-15(23-2)8-9-17(16)24-13)12-18-20-21-19(25-18)14-6-4-3-5-7-14/h3-10,13H,11-12H2,1-2H3. The van der Waals surface area contributed by atoms with E-state index in [-0.39, 0.29) is 6.10 Å². The van der Waals surface area contributed by atoms with Crippen LogP contribution in [0.25, 0.3) is 11.5 Å². The van der Waals surface area contributed by atoms with Crippen LogP contribution in [0.3, 0.4) is 0 Å². The summed E-state index contributed by atoms with van der Waals surface area (Å²) < 4.78 is 17.1. The third-order valence-corrected chi connectivity index (χ3v) is 4.13. The average Bonchev–Trinajstić information content (AvgIpc) is 3.10. The van der Waals surface area contributed by atoms with Crippen LogP contribution in [0, 0.1) is 0 Å². The van der Waals surface area contributed by atoms with Gasteiger partial charge in [-0.3, -0.25) is 0 Å². The molecular formula is C19H19N3O3. The molecule has 0 amide bonds. The van der Waals surface area contributed by atoms with E-state index >= 15 is 0 Å². The number of ether oxygens (including phenoxy) is 2. The van der Waals surface area contributed by atoms with Crippen LogP contribution in [-0.2, 0) is 6.54 Å². The summed E-state index contributed by atoms with van der Waals surface area (Å²) >= 11 is 0. The van der Waals surface area contributed by atoms with Gasteiger partial charge in [-0.2, -0.15) is 0 Å². The first kappa shape index (κ1) is 15.5. The zero-order valence-electron chi connectivity index (χ0n) is 14.2. The van der Waals surface area contributed by atoms with E-state index in [1.54, 1.807) is 7.11 Å². The average molecular weight is 337 g/mol. The summed E-state index contributed by atoms with van der Waals surface area (Å²) in [6.45, 7) is 3.31. The highest BCUT2D eigenvalue weighted by molar-refractivity contribution is 5.63. The molecule has 3 aromatic rings. The number of benzene rings is 2. The fourth-order valence-electron chi connectivity index (χ4n) is 2.96. The number of hydrogen-bond donors (Lipinski definition) is 0. The van der Waals surface area contributed by atoms with Gasteiger partial charge in [0.1, 0.15) is 17.6 Å². The number of aromatic nitrogens is 2. The first-order chi connectivity index (χ1) is 12.2. The van der Waals surface area contributed by atoms with Crippen LogP contribution in [0.1, 0.15) is 12.8 Å². The van der Waals surface area contributed by atoms with Crippen LogP contribution in [0.15, 0.2) is 52.9 Å². The largest absolute Gasteiger partial charge is 0.497 e. The smallest absolute Gasteiger partial charge is 0.247 e. The van der Waals surface area contributed by atoms with Crippen LogP contribution in [0.5, 0.6) is 11.5 Å². The van der Waals surface area contributed by atoms with Gasteiger partial charge in [0, 0.05) is 11.6 Å². The zero-order chi connectivity index (χ0) is 17.2.